The second kappa shape index (κ2) is 6.80. The second-order valence-corrected chi connectivity index (χ2v) is 7.04. The van der Waals surface area contributed by atoms with Crippen LogP contribution < -0.4 is 9.47 Å². The van der Waals surface area contributed by atoms with Crippen molar-refractivity contribution in [2.75, 3.05) is 19.8 Å². The molecule has 0 bridgehead atoms. The van der Waals surface area contributed by atoms with Gasteiger partial charge in [-0.05, 0) is 54.3 Å². The topological polar surface area (TPSA) is 38.8 Å². The Bertz CT molecular complexity index is 870. The van der Waals surface area contributed by atoms with Crippen LogP contribution in [0.3, 0.4) is 0 Å². The van der Waals surface area contributed by atoms with Gasteiger partial charge in [0.25, 0.3) is 0 Å². The van der Waals surface area contributed by atoms with Crippen molar-refractivity contribution in [1.82, 2.24) is 4.90 Å². The van der Waals surface area contributed by atoms with Gasteiger partial charge in [-0.15, -0.1) is 0 Å². The van der Waals surface area contributed by atoms with Crippen LogP contribution in [0.25, 0.3) is 0 Å². The van der Waals surface area contributed by atoms with E-state index in [2.05, 4.69) is 0 Å². The van der Waals surface area contributed by atoms with Gasteiger partial charge < -0.3 is 14.4 Å². The van der Waals surface area contributed by atoms with Crippen LogP contribution in [-0.4, -0.2) is 30.6 Å². The summed E-state index contributed by atoms with van der Waals surface area (Å²) in [5.74, 6) is 0.819. The van der Waals surface area contributed by atoms with Crippen LogP contribution in [0.1, 0.15) is 29.7 Å². The zero-order chi connectivity index (χ0) is 18.3. The normalized spacial score (nSPS) is 18.4. The molecule has 1 amide bonds. The van der Waals surface area contributed by atoms with Crippen LogP contribution in [0.15, 0.2) is 30.3 Å². The smallest absolute Gasteiger partial charge is 0.227 e. The molecule has 4 rings (SSSR count). The largest absolute Gasteiger partial charge is 0.486 e. The van der Waals surface area contributed by atoms with Gasteiger partial charge in [0, 0.05) is 6.54 Å². The Kier molecular flexibility index (Phi) is 4.49. The molecule has 2 aliphatic heterocycles. The first kappa shape index (κ1) is 17.2. The second-order valence-electron chi connectivity index (χ2n) is 6.63. The van der Waals surface area contributed by atoms with Crippen molar-refractivity contribution >= 4 is 17.5 Å². The van der Waals surface area contributed by atoms with Gasteiger partial charge >= 0.3 is 0 Å². The van der Waals surface area contributed by atoms with Crippen molar-refractivity contribution < 1.29 is 18.7 Å². The highest BCUT2D eigenvalue weighted by molar-refractivity contribution is 6.32. The van der Waals surface area contributed by atoms with Crippen molar-refractivity contribution in [3.8, 4) is 11.5 Å². The fourth-order valence-electron chi connectivity index (χ4n) is 3.67. The highest BCUT2D eigenvalue weighted by Gasteiger charge is 2.28. The van der Waals surface area contributed by atoms with Crippen molar-refractivity contribution in [2.24, 2.45) is 0 Å². The lowest BCUT2D eigenvalue weighted by molar-refractivity contribution is -0.133. The molecule has 2 heterocycles. The number of nitrogens with zero attached hydrogens (tertiary/aromatic N) is 1. The summed E-state index contributed by atoms with van der Waals surface area (Å²) in [7, 11) is 0. The third kappa shape index (κ3) is 3.12. The molecule has 136 valence electrons. The summed E-state index contributed by atoms with van der Waals surface area (Å²) in [5.41, 5.74) is 2.76. The Balaban J connectivity index is 1.55. The number of hydrogen-bond acceptors (Lipinski definition) is 3. The molecular formula is C20H19ClFNO3. The number of hydrogen-bond donors (Lipinski definition) is 0. The molecule has 0 radical (unpaired) electrons. The lowest BCUT2D eigenvalue weighted by atomic mass is 9.93. The highest BCUT2D eigenvalue weighted by Crippen LogP contribution is 2.39. The van der Waals surface area contributed by atoms with Crippen LogP contribution in [0.2, 0.25) is 5.02 Å². The minimum Gasteiger partial charge on any atom is -0.486 e. The molecule has 1 atom stereocenters. The fourth-order valence-corrected chi connectivity index (χ4v) is 3.96. The van der Waals surface area contributed by atoms with Gasteiger partial charge in [0.15, 0.2) is 11.5 Å². The summed E-state index contributed by atoms with van der Waals surface area (Å²) in [5, 5.41) is 0.448. The quantitative estimate of drug-likeness (QED) is 0.798. The standard InChI is InChI=1S/C20H19ClFNO3/c1-12-16-11-15(22)3-2-14(16)4-5-23(12)19(24)10-13-8-17(21)20-18(9-13)25-6-7-26-20/h2-3,8-9,11-12H,4-7,10H2,1H3. The summed E-state index contributed by atoms with van der Waals surface area (Å²) < 4.78 is 24.7. The third-order valence-corrected chi connectivity index (χ3v) is 5.26. The molecule has 26 heavy (non-hydrogen) atoms. The Morgan fingerprint density at radius 2 is 2.08 bits per heavy atom. The average molecular weight is 376 g/mol. The number of carbonyl (C=O) groups excluding carboxylic acids is 1. The number of carbonyl (C=O) groups is 1. The number of ether oxygens (including phenoxy) is 2. The summed E-state index contributed by atoms with van der Waals surface area (Å²) in [6.07, 6.45) is 0.943. The molecule has 0 fully saturated rings. The fraction of sp³-hybridized carbons (Fsp3) is 0.350. The summed E-state index contributed by atoms with van der Waals surface area (Å²) >= 11 is 6.26. The predicted octanol–water partition coefficient (Wildman–Crippen LogP) is 3.94. The van der Waals surface area contributed by atoms with Crippen LogP contribution in [0.4, 0.5) is 4.39 Å². The van der Waals surface area contributed by atoms with Crippen LogP contribution >= 0.6 is 11.6 Å². The van der Waals surface area contributed by atoms with E-state index in [1.54, 1.807) is 17.0 Å². The van der Waals surface area contributed by atoms with Crippen LogP contribution in [-0.2, 0) is 17.6 Å². The molecule has 6 heteroatoms. The first-order valence-electron chi connectivity index (χ1n) is 8.69. The Morgan fingerprint density at radius 3 is 2.92 bits per heavy atom. The molecule has 0 aromatic heterocycles. The van der Waals surface area contributed by atoms with Crippen molar-refractivity contribution in [3.63, 3.8) is 0 Å². The zero-order valence-electron chi connectivity index (χ0n) is 14.4. The lowest BCUT2D eigenvalue weighted by Gasteiger charge is -2.35. The minimum absolute atomic E-state index is 0.0137. The monoisotopic (exact) mass is 375 g/mol. The maximum atomic E-state index is 13.6. The van der Waals surface area contributed by atoms with Gasteiger partial charge in [-0.3, -0.25) is 4.79 Å². The van der Waals surface area contributed by atoms with E-state index >= 15 is 0 Å². The van der Waals surface area contributed by atoms with E-state index in [-0.39, 0.29) is 24.2 Å². The SMILES string of the molecule is CC1c2cc(F)ccc2CCN1C(=O)Cc1cc(Cl)c2c(c1)OCCO2. The average Bonchev–Trinajstić information content (AvgIpc) is 2.62. The van der Waals surface area contributed by atoms with E-state index in [9.17, 15) is 9.18 Å². The first-order chi connectivity index (χ1) is 12.5. The Hall–Kier alpha value is -2.27. The molecule has 0 aliphatic carbocycles. The van der Waals surface area contributed by atoms with Crippen molar-refractivity contribution in [1.29, 1.82) is 0 Å². The van der Waals surface area contributed by atoms with Crippen LogP contribution in [0.5, 0.6) is 11.5 Å². The van der Waals surface area contributed by atoms with Gasteiger partial charge in [0.05, 0.1) is 17.5 Å². The first-order valence-corrected chi connectivity index (χ1v) is 9.06. The molecule has 4 nitrogen and oxygen atoms in total. The van der Waals surface area contributed by atoms with E-state index in [0.717, 1.165) is 23.1 Å². The van der Waals surface area contributed by atoms with Crippen LogP contribution in [0, 0.1) is 5.82 Å². The van der Waals surface area contributed by atoms with Gasteiger partial charge in [-0.1, -0.05) is 17.7 Å². The molecule has 0 saturated carbocycles. The van der Waals surface area contributed by atoms with Gasteiger partial charge in [0.1, 0.15) is 19.0 Å². The maximum absolute atomic E-state index is 13.6. The Morgan fingerprint density at radius 1 is 1.27 bits per heavy atom. The van der Waals surface area contributed by atoms with E-state index in [4.69, 9.17) is 21.1 Å². The number of amides is 1. The molecule has 2 aromatic rings. The van der Waals surface area contributed by atoms with Gasteiger partial charge in [0.2, 0.25) is 5.91 Å². The highest BCUT2D eigenvalue weighted by atomic mass is 35.5. The molecule has 0 N–H and O–H groups in total. The predicted molar refractivity (Wildman–Crippen MR) is 96.4 cm³/mol. The Labute approximate surface area is 156 Å². The maximum Gasteiger partial charge on any atom is 0.227 e. The van der Waals surface area contributed by atoms with Gasteiger partial charge in [-0.2, -0.15) is 0 Å². The summed E-state index contributed by atoms with van der Waals surface area (Å²) in [6.45, 7) is 3.49. The number of fused-ring (bicyclic) bond motifs is 2. The van der Waals surface area contributed by atoms with E-state index in [0.29, 0.717) is 36.3 Å². The number of benzene rings is 2. The molecule has 0 spiro atoms. The summed E-state index contributed by atoms with van der Waals surface area (Å²) in [4.78, 5) is 14.7. The lowest BCUT2D eigenvalue weighted by Crippen LogP contribution is -2.39. The molecule has 2 aliphatic rings. The van der Waals surface area contributed by atoms with Crippen molar-refractivity contribution in [3.05, 3.63) is 57.9 Å². The zero-order valence-corrected chi connectivity index (χ0v) is 15.2. The van der Waals surface area contributed by atoms with E-state index < -0.39 is 0 Å². The van der Waals surface area contributed by atoms with Gasteiger partial charge in [-0.25, -0.2) is 4.39 Å². The molecular weight excluding hydrogens is 357 g/mol. The van der Waals surface area contributed by atoms with Crippen molar-refractivity contribution in [2.45, 2.75) is 25.8 Å². The molecule has 1 unspecified atom stereocenters. The van der Waals surface area contributed by atoms with E-state index in [1.165, 1.54) is 12.1 Å². The van der Waals surface area contributed by atoms with E-state index in [1.807, 2.05) is 13.0 Å². The number of halogens is 2. The molecule has 2 aromatic carbocycles. The third-order valence-electron chi connectivity index (χ3n) is 4.98. The minimum atomic E-state index is -0.275. The molecule has 0 saturated heterocycles. The number of rotatable bonds is 2. The summed E-state index contributed by atoms with van der Waals surface area (Å²) in [6, 6.07) is 8.20.